The standard InChI is InChI=1S/C20H27BN4O3/c1-14(2)11-18(21(3)28)25-19(26)16(12-15-7-5-4-6-8-15)24-20(27)17-13-22-9-10-23-17/h4-10,13-14,16,18,28H,11-12H2,1-3H3,(H,24,27)(H,25,26)/t16-,18-/m0/s1. The van der Waals surface area contributed by atoms with Crippen molar-refractivity contribution in [3.63, 3.8) is 0 Å². The second-order valence-electron chi connectivity index (χ2n) is 7.29. The maximum atomic E-state index is 12.9. The van der Waals surface area contributed by atoms with E-state index in [4.69, 9.17) is 0 Å². The van der Waals surface area contributed by atoms with Gasteiger partial charge in [0.15, 0.2) is 0 Å². The molecule has 28 heavy (non-hydrogen) atoms. The van der Waals surface area contributed by atoms with Gasteiger partial charge in [0, 0.05) is 24.8 Å². The molecule has 0 radical (unpaired) electrons. The molecule has 8 heteroatoms. The Morgan fingerprint density at radius 2 is 1.86 bits per heavy atom. The van der Waals surface area contributed by atoms with Gasteiger partial charge in [-0.05, 0) is 17.9 Å². The maximum Gasteiger partial charge on any atom is 0.308 e. The minimum Gasteiger partial charge on any atom is -0.449 e. The Bertz CT molecular complexity index is 757. The summed E-state index contributed by atoms with van der Waals surface area (Å²) in [6.45, 7) is 5.01. The first-order valence-corrected chi connectivity index (χ1v) is 9.46. The smallest absolute Gasteiger partial charge is 0.308 e. The molecule has 2 amide bonds. The van der Waals surface area contributed by atoms with E-state index in [2.05, 4.69) is 20.6 Å². The van der Waals surface area contributed by atoms with Crippen LogP contribution in [0, 0.1) is 5.92 Å². The van der Waals surface area contributed by atoms with E-state index in [1.165, 1.54) is 18.6 Å². The number of nitrogens with one attached hydrogen (secondary N) is 2. The number of carbonyl (C=O) groups excluding carboxylic acids is 2. The van der Waals surface area contributed by atoms with Gasteiger partial charge in [0.1, 0.15) is 11.7 Å². The van der Waals surface area contributed by atoms with Gasteiger partial charge in [0.2, 0.25) is 5.91 Å². The van der Waals surface area contributed by atoms with Crippen LogP contribution in [0.2, 0.25) is 6.82 Å². The van der Waals surface area contributed by atoms with Crippen LogP contribution < -0.4 is 10.6 Å². The topological polar surface area (TPSA) is 104 Å². The van der Waals surface area contributed by atoms with Crippen LogP contribution in [0.4, 0.5) is 0 Å². The lowest BCUT2D eigenvalue weighted by atomic mass is 9.61. The van der Waals surface area contributed by atoms with Crippen molar-refractivity contribution in [2.24, 2.45) is 5.92 Å². The van der Waals surface area contributed by atoms with Crippen LogP contribution in [0.5, 0.6) is 0 Å². The molecule has 0 saturated carbocycles. The first-order chi connectivity index (χ1) is 13.4. The fourth-order valence-corrected chi connectivity index (χ4v) is 2.88. The van der Waals surface area contributed by atoms with Gasteiger partial charge in [0.25, 0.3) is 5.91 Å². The van der Waals surface area contributed by atoms with E-state index in [9.17, 15) is 14.6 Å². The summed E-state index contributed by atoms with van der Waals surface area (Å²) in [6.07, 6.45) is 5.22. The SMILES string of the molecule is CB(O)[C@H](CC(C)C)NC(=O)[C@H](Cc1ccccc1)NC(=O)c1cnccn1. The summed E-state index contributed by atoms with van der Waals surface area (Å²) < 4.78 is 0. The Labute approximate surface area is 166 Å². The number of amides is 2. The third-order valence-electron chi connectivity index (χ3n) is 4.34. The average Bonchev–Trinajstić information content (AvgIpc) is 2.68. The number of aromatic nitrogens is 2. The number of rotatable bonds is 9. The molecular formula is C20H27BN4O3. The predicted molar refractivity (Wildman–Crippen MR) is 109 cm³/mol. The molecule has 0 bridgehead atoms. The summed E-state index contributed by atoms with van der Waals surface area (Å²) in [6, 6.07) is 8.65. The zero-order chi connectivity index (χ0) is 20.5. The number of benzene rings is 1. The van der Waals surface area contributed by atoms with Crippen LogP contribution in [-0.2, 0) is 11.2 Å². The zero-order valence-corrected chi connectivity index (χ0v) is 16.5. The van der Waals surface area contributed by atoms with Gasteiger partial charge in [-0.25, -0.2) is 4.98 Å². The van der Waals surface area contributed by atoms with E-state index in [0.29, 0.717) is 18.8 Å². The molecule has 148 valence electrons. The highest BCUT2D eigenvalue weighted by Gasteiger charge is 2.28. The second-order valence-corrected chi connectivity index (χ2v) is 7.29. The number of hydrogen-bond donors (Lipinski definition) is 3. The van der Waals surface area contributed by atoms with Gasteiger partial charge in [-0.3, -0.25) is 14.6 Å². The van der Waals surface area contributed by atoms with Crippen molar-refractivity contribution in [1.82, 2.24) is 20.6 Å². The second kappa shape index (κ2) is 10.6. The molecule has 1 aromatic heterocycles. The van der Waals surface area contributed by atoms with Crippen molar-refractivity contribution in [1.29, 1.82) is 0 Å². The van der Waals surface area contributed by atoms with Crippen LogP contribution in [0.3, 0.4) is 0 Å². The lowest BCUT2D eigenvalue weighted by Gasteiger charge is -2.25. The normalized spacial score (nSPS) is 12.9. The van der Waals surface area contributed by atoms with Gasteiger partial charge in [0.05, 0.1) is 6.20 Å². The minimum atomic E-state index is -0.801. The highest BCUT2D eigenvalue weighted by molar-refractivity contribution is 6.51. The lowest BCUT2D eigenvalue weighted by molar-refractivity contribution is -0.123. The van der Waals surface area contributed by atoms with E-state index in [1.54, 1.807) is 6.82 Å². The van der Waals surface area contributed by atoms with Gasteiger partial charge in [-0.2, -0.15) is 0 Å². The summed E-state index contributed by atoms with van der Waals surface area (Å²) in [4.78, 5) is 33.3. The molecule has 0 fully saturated rings. The van der Waals surface area contributed by atoms with Crippen molar-refractivity contribution in [3.05, 3.63) is 60.2 Å². The summed E-state index contributed by atoms with van der Waals surface area (Å²) in [7, 11) is 0. The fraction of sp³-hybridized carbons (Fsp3) is 0.400. The molecule has 3 N–H and O–H groups in total. The lowest BCUT2D eigenvalue weighted by Crippen LogP contribution is -2.54. The molecule has 2 atom stereocenters. The molecular weight excluding hydrogens is 355 g/mol. The summed E-state index contributed by atoms with van der Waals surface area (Å²) >= 11 is 0. The van der Waals surface area contributed by atoms with Gasteiger partial charge in [-0.1, -0.05) is 51.0 Å². The van der Waals surface area contributed by atoms with Crippen LogP contribution in [-0.4, -0.2) is 45.7 Å². The first kappa shape index (κ1) is 21.6. The van der Waals surface area contributed by atoms with Crippen molar-refractivity contribution in [2.75, 3.05) is 0 Å². The van der Waals surface area contributed by atoms with Gasteiger partial charge < -0.3 is 15.7 Å². The van der Waals surface area contributed by atoms with Gasteiger partial charge >= 0.3 is 6.92 Å². The molecule has 0 unspecified atom stereocenters. The summed E-state index contributed by atoms with van der Waals surface area (Å²) in [5.41, 5.74) is 1.06. The maximum absolute atomic E-state index is 12.9. The highest BCUT2D eigenvalue weighted by Crippen LogP contribution is 2.09. The Hall–Kier alpha value is -2.74. The van der Waals surface area contributed by atoms with Crippen molar-refractivity contribution in [3.8, 4) is 0 Å². The Kier molecular flexibility index (Phi) is 8.13. The molecule has 0 aliphatic rings. The van der Waals surface area contributed by atoms with Gasteiger partial charge in [-0.15, -0.1) is 0 Å². The van der Waals surface area contributed by atoms with Crippen LogP contribution in [0.25, 0.3) is 0 Å². The van der Waals surface area contributed by atoms with E-state index >= 15 is 0 Å². The molecule has 0 spiro atoms. The van der Waals surface area contributed by atoms with Crippen LogP contribution in [0.1, 0.15) is 36.3 Å². The van der Waals surface area contributed by atoms with E-state index in [0.717, 1.165) is 5.56 Å². The quantitative estimate of drug-likeness (QED) is 0.571. The van der Waals surface area contributed by atoms with E-state index in [-0.39, 0.29) is 17.5 Å². The third kappa shape index (κ3) is 6.77. The molecule has 2 rings (SSSR count). The Balaban J connectivity index is 2.16. The predicted octanol–water partition coefficient (Wildman–Crippen LogP) is 1.50. The Morgan fingerprint density at radius 3 is 2.43 bits per heavy atom. The van der Waals surface area contributed by atoms with E-state index < -0.39 is 18.9 Å². The minimum absolute atomic E-state index is 0.141. The van der Waals surface area contributed by atoms with Crippen LogP contribution in [0.15, 0.2) is 48.9 Å². The van der Waals surface area contributed by atoms with Crippen molar-refractivity contribution in [2.45, 2.75) is 45.5 Å². The van der Waals surface area contributed by atoms with Crippen molar-refractivity contribution < 1.29 is 14.6 Å². The summed E-state index contributed by atoms with van der Waals surface area (Å²) in [5, 5.41) is 15.7. The molecule has 7 nitrogen and oxygen atoms in total. The van der Waals surface area contributed by atoms with Crippen LogP contribution >= 0.6 is 0 Å². The number of carbonyl (C=O) groups is 2. The largest absolute Gasteiger partial charge is 0.449 e. The molecule has 0 aliphatic heterocycles. The fourth-order valence-electron chi connectivity index (χ4n) is 2.88. The third-order valence-corrected chi connectivity index (χ3v) is 4.34. The Morgan fingerprint density at radius 1 is 1.14 bits per heavy atom. The monoisotopic (exact) mass is 382 g/mol. The zero-order valence-electron chi connectivity index (χ0n) is 16.5. The molecule has 1 heterocycles. The molecule has 0 saturated heterocycles. The van der Waals surface area contributed by atoms with Crippen molar-refractivity contribution >= 4 is 18.7 Å². The highest BCUT2D eigenvalue weighted by atomic mass is 16.2. The average molecular weight is 382 g/mol. The molecule has 0 aliphatic carbocycles. The number of nitrogens with zero attached hydrogens (tertiary/aromatic N) is 2. The molecule has 2 aromatic rings. The van der Waals surface area contributed by atoms with E-state index in [1.807, 2.05) is 44.2 Å². The first-order valence-electron chi connectivity index (χ1n) is 9.46. The number of hydrogen-bond acceptors (Lipinski definition) is 5. The summed E-state index contributed by atoms with van der Waals surface area (Å²) in [5.74, 6) is -0.893. The molecule has 1 aromatic carbocycles.